The highest BCUT2D eigenvalue weighted by molar-refractivity contribution is 5.95. The lowest BCUT2D eigenvalue weighted by Crippen LogP contribution is -2.49. The fourth-order valence-electron chi connectivity index (χ4n) is 3.24. The number of carbonyl (C=O) groups excluding carboxylic acids is 2. The van der Waals surface area contributed by atoms with Crippen LogP contribution in [-0.2, 0) is 16.1 Å². The standard InChI is InChI=1S/C19H21N5O5/c1-3-23-15(12-22-11-14(10-20-22)24(27)28)16(18(25)29-4-2)17(21-19(23)26)13-8-6-5-7-9-13/h5-11,17H,3-4,12H2,1-2H3,(H,21,26)/t17-/m1/s1. The van der Waals surface area contributed by atoms with Crippen molar-refractivity contribution in [3.05, 3.63) is 69.7 Å². The van der Waals surface area contributed by atoms with Gasteiger partial charge in [0.1, 0.15) is 12.4 Å². The van der Waals surface area contributed by atoms with Gasteiger partial charge >= 0.3 is 17.7 Å². The van der Waals surface area contributed by atoms with Crippen LogP contribution in [0.5, 0.6) is 0 Å². The molecular weight excluding hydrogens is 378 g/mol. The van der Waals surface area contributed by atoms with Gasteiger partial charge in [0.25, 0.3) is 0 Å². The summed E-state index contributed by atoms with van der Waals surface area (Å²) in [4.78, 5) is 37.4. The van der Waals surface area contributed by atoms with Gasteiger partial charge in [-0.1, -0.05) is 30.3 Å². The Hall–Kier alpha value is -3.69. The topological polar surface area (TPSA) is 120 Å². The monoisotopic (exact) mass is 399 g/mol. The van der Waals surface area contributed by atoms with Crippen LogP contribution in [0.25, 0.3) is 0 Å². The highest BCUT2D eigenvalue weighted by atomic mass is 16.6. The minimum atomic E-state index is -0.703. The molecule has 0 fully saturated rings. The Morgan fingerprint density at radius 2 is 2.03 bits per heavy atom. The molecule has 1 N–H and O–H groups in total. The van der Waals surface area contributed by atoms with E-state index in [0.717, 1.165) is 11.8 Å². The SMILES string of the molecule is CCOC(=O)C1=C(Cn2cc([N+](=O)[O-])cn2)N(CC)C(=O)N[C@@H]1c1ccccc1. The van der Waals surface area contributed by atoms with E-state index in [1.54, 1.807) is 13.8 Å². The number of rotatable bonds is 7. The maximum absolute atomic E-state index is 12.9. The highest BCUT2D eigenvalue weighted by Crippen LogP contribution is 2.32. The second-order valence-corrected chi connectivity index (χ2v) is 6.27. The molecule has 2 heterocycles. The summed E-state index contributed by atoms with van der Waals surface area (Å²) in [6.45, 7) is 3.95. The molecule has 1 aliphatic heterocycles. The molecule has 1 aromatic heterocycles. The van der Waals surface area contributed by atoms with Gasteiger partial charge in [0, 0.05) is 6.54 Å². The van der Waals surface area contributed by atoms with E-state index in [4.69, 9.17) is 4.74 Å². The predicted octanol–water partition coefficient (Wildman–Crippen LogP) is 2.39. The van der Waals surface area contributed by atoms with Gasteiger partial charge in [0.05, 0.1) is 35.4 Å². The lowest BCUT2D eigenvalue weighted by atomic mass is 9.94. The third-order valence-electron chi connectivity index (χ3n) is 4.53. The first-order chi connectivity index (χ1) is 14.0. The van der Waals surface area contributed by atoms with Crippen molar-refractivity contribution in [2.45, 2.75) is 26.4 Å². The van der Waals surface area contributed by atoms with Crippen molar-refractivity contribution in [3.63, 3.8) is 0 Å². The number of nitrogens with zero attached hydrogens (tertiary/aromatic N) is 4. The minimum Gasteiger partial charge on any atom is -0.463 e. The number of ether oxygens (including phenoxy) is 1. The molecule has 10 heteroatoms. The number of carbonyl (C=O) groups is 2. The van der Waals surface area contributed by atoms with E-state index in [0.29, 0.717) is 12.2 Å². The zero-order valence-electron chi connectivity index (χ0n) is 16.1. The van der Waals surface area contributed by atoms with Crippen LogP contribution < -0.4 is 5.32 Å². The van der Waals surface area contributed by atoms with Crippen LogP contribution in [0.15, 0.2) is 54.0 Å². The normalized spacial score (nSPS) is 16.6. The molecule has 10 nitrogen and oxygen atoms in total. The quantitative estimate of drug-likeness (QED) is 0.434. The third-order valence-corrected chi connectivity index (χ3v) is 4.53. The zero-order valence-corrected chi connectivity index (χ0v) is 16.1. The van der Waals surface area contributed by atoms with Crippen LogP contribution in [0.3, 0.4) is 0 Å². The van der Waals surface area contributed by atoms with Gasteiger partial charge in [0.15, 0.2) is 0 Å². The number of esters is 1. The highest BCUT2D eigenvalue weighted by Gasteiger charge is 2.37. The number of likely N-dealkylation sites (N-methyl/N-ethyl adjacent to an activating group) is 1. The number of amides is 2. The second kappa shape index (κ2) is 8.55. The maximum Gasteiger partial charge on any atom is 0.338 e. The molecule has 0 saturated carbocycles. The van der Waals surface area contributed by atoms with E-state index < -0.39 is 16.9 Å². The van der Waals surface area contributed by atoms with Crippen molar-refractivity contribution in [2.75, 3.05) is 13.2 Å². The fourth-order valence-corrected chi connectivity index (χ4v) is 3.24. The molecule has 0 unspecified atom stereocenters. The van der Waals surface area contributed by atoms with Crippen molar-refractivity contribution in [2.24, 2.45) is 0 Å². The molecule has 0 radical (unpaired) electrons. The lowest BCUT2D eigenvalue weighted by Gasteiger charge is -2.36. The molecule has 0 aliphatic carbocycles. The van der Waals surface area contributed by atoms with Crippen molar-refractivity contribution >= 4 is 17.7 Å². The van der Waals surface area contributed by atoms with E-state index >= 15 is 0 Å². The van der Waals surface area contributed by atoms with E-state index in [2.05, 4.69) is 10.4 Å². The molecule has 152 valence electrons. The van der Waals surface area contributed by atoms with Crippen molar-refractivity contribution in [1.82, 2.24) is 20.0 Å². The second-order valence-electron chi connectivity index (χ2n) is 6.27. The van der Waals surface area contributed by atoms with Crippen molar-refractivity contribution < 1.29 is 19.2 Å². The molecule has 1 aliphatic rings. The summed E-state index contributed by atoms with van der Waals surface area (Å²) in [6, 6.07) is 8.01. The minimum absolute atomic E-state index is 0.00653. The Bertz CT molecular complexity index is 953. The van der Waals surface area contributed by atoms with Crippen molar-refractivity contribution in [3.8, 4) is 0 Å². The molecule has 0 bridgehead atoms. The van der Waals surface area contributed by atoms with Crippen LogP contribution in [0.4, 0.5) is 10.5 Å². The van der Waals surface area contributed by atoms with E-state index in [1.807, 2.05) is 30.3 Å². The van der Waals surface area contributed by atoms with Gasteiger partial charge < -0.3 is 10.1 Å². The van der Waals surface area contributed by atoms with E-state index in [9.17, 15) is 19.7 Å². The molecule has 2 amide bonds. The van der Waals surface area contributed by atoms with Crippen LogP contribution in [0.1, 0.15) is 25.5 Å². The number of nitrogens with one attached hydrogen (secondary N) is 1. The van der Waals surface area contributed by atoms with Gasteiger partial charge in [-0.2, -0.15) is 5.10 Å². The summed E-state index contributed by atoms with van der Waals surface area (Å²) in [6.07, 6.45) is 2.38. The molecule has 1 aromatic carbocycles. The Labute approximate surface area is 166 Å². The number of aromatic nitrogens is 2. The Kier molecular flexibility index (Phi) is 5.91. The number of hydrogen-bond acceptors (Lipinski definition) is 6. The van der Waals surface area contributed by atoms with Gasteiger partial charge in [-0.15, -0.1) is 0 Å². The first-order valence-corrected chi connectivity index (χ1v) is 9.16. The number of benzene rings is 1. The van der Waals surface area contributed by atoms with Crippen LogP contribution >= 0.6 is 0 Å². The predicted molar refractivity (Wildman–Crippen MR) is 103 cm³/mol. The lowest BCUT2D eigenvalue weighted by molar-refractivity contribution is -0.385. The Morgan fingerprint density at radius 3 is 2.62 bits per heavy atom. The molecule has 3 rings (SSSR count). The summed E-state index contributed by atoms with van der Waals surface area (Å²) in [5.41, 5.74) is 1.22. The van der Waals surface area contributed by atoms with Gasteiger partial charge in [-0.25, -0.2) is 9.59 Å². The maximum atomic E-state index is 12.9. The van der Waals surface area contributed by atoms with Crippen molar-refractivity contribution in [1.29, 1.82) is 0 Å². The van der Waals surface area contributed by atoms with Crippen LogP contribution in [0.2, 0.25) is 0 Å². The molecule has 29 heavy (non-hydrogen) atoms. The molecule has 0 spiro atoms. The fraction of sp³-hybridized carbons (Fsp3) is 0.316. The third kappa shape index (κ3) is 4.10. The van der Waals surface area contributed by atoms with Gasteiger partial charge in [-0.3, -0.25) is 19.7 Å². The first-order valence-electron chi connectivity index (χ1n) is 9.16. The summed E-state index contributed by atoms with van der Waals surface area (Å²) in [5, 5.41) is 17.8. The first kappa shape index (κ1) is 20.1. The van der Waals surface area contributed by atoms with Crippen LogP contribution in [-0.4, -0.2) is 44.8 Å². The molecular formula is C19H21N5O5. The smallest absolute Gasteiger partial charge is 0.338 e. The summed E-state index contributed by atoms with van der Waals surface area (Å²) >= 11 is 0. The summed E-state index contributed by atoms with van der Waals surface area (Å²) in [5.74, 6) is -0.559. The number of nitro groups is 1. The number of allylic oxidation sites excluding steroid dienone is 1. The average molecular weight is 399 g/mol. The van der Waals surface area contributed by atoms with Gasteiger partial charge in [0.2, 0.25) is 0 Å². The largest absolute Gasteiger partial charge is 0.463 e. The average Bonchev–Trinajstić information content (AvgIpc) is 3.17. The Morgan fingerprint density at radius 1 is 1.31 bits per heavy atom. The zero-order chi connectivity index (χ0) is 21.0. The summed E-state index contributed by atoms with van der Waals surface area (Å²) in [7, 11) is 0. The van der Waals surface area contributed by atoms with E-state index in [1.165, 1.54) is 15.8 Å². The summed E-state index contributed by atoms with van der Waals surface area (Å²) < 4.78 is 6.59. The van der Waals surface area contributed by atoms with Gasteiger partial charge in [-0.05, 0) is 19.4 Å². The molecule has 1 atom stereocenters. The molecule has 2 aromatic rings. The van der Waals surface area contributed by atoms with Crippen LogP contribution in [0, 0.1) is 10.1 Å². The van der Waals surface area contributed by atoms with E-state index in [-0.39, 0.29) is 30.4 Å². The number of hydrogen-bond donors (Lipinski definition) is 1. The molecule has 0 saturated heterocycles. The number of urea groups is 1. The Balaban J connectivity index is 2.13.